The van der Waals surface area contributed by atoms with Crippen molar-refractivity contribution in [3.8, 4) is 11.5 Å². The fourth-order valence-corrected chi connectivity index (χ4v) is 2.55. The van der Waals surface area contributed by atoms with Crippen molar-refractivity contribution in [2.45, 2.75) is 13.5 Å². The molecule has 0 saturated heterocycles. The number of nitro groups is 1. The van der Waals surface area contributed by atoms with Gasteiger partial charge < -0.3 is 4.74 Å². The van der Waals surface area contributed by atoms with Crippen molar-refractivity contribution in [2.24, 2.45) is 0 Å². The molecular weight excluding hydrogens is 356 g/mol. The third-order valence-corrected chi connectivity index (χ3v) is 4.08. The van der Waals surface area contributed by atoms with Crippen LogP contribution in [0.2, 0.25) is 0 Å². The Bertz CT molecular complexity index is 970. The van der Waals surface area contributed by atoms with E-state index in [4.69, 9.17) is 9.57 Å². The summed E-state index contributed by atoms with van der Waals surface area (Å²) in [7, 11) is 0. The summed E-state index contributed by atoms with van der Waals surface area (Å²) in [5, 5.41) is 10.7. The van der Waals surface area contributed by atoms with Gasteiger partial charge in [-0.3, -0.25) is 20.4 Å². The predicted molar refractivity (Wildman–Crippen MR) is 108 cm³/mol. The van der Waals surface area contributed by atoms with Gasteiger partial charge in [-0.25, -0.2) is 0 Å². The summed E-state index contributed by atoms with van der Waals surface area (Å²) in [5.41, 5.74) is 6.37. The molecule has 0 spiro atoms. The highest BCUT2D eigenvalue weighted by Gasteiger charge is 2.08. The molecule has 0 atom stereocenters. The van der Waals surface area contributed by atoms with Gasteiger partial charge in [-0.15, -0.1) is 0 Å². The molecule has 0 aliphatic rings. The van der Waals surface area contributed by atoms with E-state index in [1.807, 2.05) is 55.5 Å². The maximum atomic E-state index is 10.7. The van der Waals surface area contributed by atoms with Gasteiger partial charge in [-0.1, -0.05) is 36.9 Å². The summed E-state index contributed by atoms with van der Waals surface area (Å²) < 4.78 is 5.81. The highest BCUT2D eigenvalue weighted by atomic mass is 16.6. The number of ether oxygens (including phenoxy) is 1. The quantitative estimate of drug-likeness (QED) is 0.422. The van der Waals surface area contributed by atoms with Crippen LogP contribution in [0.1, 0.15) is 16.7 Å². The van der Waals surface area contributed by atoms with Gasteiger partial charge in [0.2, 0.25) is 0 Å². The number of rotatable bonds is 8. The van der Waals surface area contributed by atoms with E-state index in [2.05, 4.69) is 12.1 Å². The summed E-state index contributed by atoms with van der Waals surface area (Å²) >= 11 is 0. The van der Waals surface area contributed by atoms with E-state index in [0.29, 0.717) is 23.8 Å². The van der Waals surface area contributed by atoms with Crippen LogP contribution in [0.15, 0.2) is 79.4 Å². The van der Waals surface area contributed by atoms with E-state index >= 15 is 0 Å². The number of hydroxylamine groups is 1. The Morgan fingerprint density at radius 1 is 1.07 bits per heavy atom. The largest absolute Gasteiger partial charge is 0.457 e. The first kappa shape index (κ1) is 19.1. The average molecular weight is 376 g/mol. The average Bonchev–Trinajstić information content (AvgIpc) is 2.70. The third kappa shape index (κ3) is 4.96. The Morgan fingerprint density at radius 3 is 2.43 bits per heavy atom. The van der Waals surface area contributed by atoms with E-state index in [-0.39, 0.29) is 5.69 Å². The van der Waals surface area contributed by atoms with Crippen LogP contribution in [0.25, 0.3) is 5.70 Å². The van der Waals surface area contributed by atoms with Crippen molar-refractivity contribution >= 4 is 11.4 Å². The Morgan fingerprint density at radius 2 is 1.79 bits per heavy atom. The molecule has 0 unspecified atom stereocenters. The first-order valence-corrected chi connectivity index (χ1v) is 8.67. The molecule has 0 radical (unpaired) electrons. The molecule has 0 aliphatic carbocycles. The number of non-ortho nitro benzene ring substituents is 1. The number of benzene rings is 3. The highest BCUT2D eigenvalue weighted by Crippen LogP contribution is 2.28. The topological polar surface area (TPSA) is 73.6 Å². The molecule has 0 amide bonds. The number of hydrogen-bond donors (Lipinski definition) is 1. The van der Waals surface area contributed by atoms with Gasteiger partial charge in [-0.05, 0) is 53.9 Å². The molecule has 6 nitrogen and oxygen atoms in total. The Labute approximate surface area is 163 Å². The lowest BCUT2D eigenvalue weighted by Crippen LogP contribution is -2.12. The van der Waals surface area contributed by atoms with Crippen LogP contribution in [-0.2, 0) is 11.4 Å². The molecule has 3 aromatic carbocycles. The van der Waals surface area contributed by atoms with Gasteiger partial charge in [0, 0.05) is 12.1 Å². The highest BCUT2D eigenvalue weighted by molar-refractivity contribution is 5.63. The molecule has 0 fully saturated rings. The van der Waals surface area contributed by atoms with Crippen LogP contribution >= 0.6 is 0 Å². The minimum Gasteiger partial charge on any atom is -0.457 e. The molecule has 0 aromatic heterocycles. The molecule has 3 aromatic rings. The van der Waals surface area contributed by atoms with Crippen molar-refractivity contribution in [1.82, 2.24) is 5.48 Å². The second kappa shape index (κ2) is 8.83. The molecule has 142 valence electrons. The Hall–Kier alpha value is -3.64. The predicted octanol–water partition coefficient (Wildman–Crippen LogP) is 5.39. The first-order chi connectivity index (χ1) is 13.5. The summed E-state index contributed by atoms with van der Waals surface area (Å²) in [6.07, 6.45) is 0. The summed E-state index contributed by atoms with van der Waals surface area (Å²) in [4.78, 5) is 15.8. The van der Waals surface area contributed by atoms with Crippen molar-refractivity contribution in [1.29, 1.82) is 0 Å². The molecule has 0 bridgehead atoms. The summed E-state index contributed by atoms with van der Waals surface area (Å²) in [6.45, 7) is 6.35. The van der Waals surface area contributed by atoms with Crippen LogP contribution in [-0.4, -0.2) is 4.92 Å². The van der Waals surface area contributed by atoms with Crippen LogP contribution in [0.4, 0.5) is 5.69 Å². The minimum absolute atomic E-state index is 0.0253. The molecule has 0 aliphatic heterocycles. The number of aryl methyl sites for hydroxylation is 1. The van der Waals surface area contributed by atoms with Crippen LogP contribution < -0.4 is 10.2 Å². The molecule has 6 heteroatoms. The summed E-state index contributed by atoms with van der Waals surface area (Å²) in [6, 6.07) is 21.4. The van der Waals surface area contributed by atoms with Crippen molar-refractivity contribution in [2.75, 3.05) is 0 Å². The molecule has 0 heterocycles. The Kier molecular flexibility index (Phi) is 6.04. The molecule has 0 saturated carbocycles. The van der Waals surface area contributed by atoms with Gasteiger partial charge >= 0.3 is 0 Å². The minimum atomic E-state index is -0.442. The normalized spacial score (nSPS) is 10.3. The van der Waals surface area contributed by atoms with Gasteiger partial charge in [0.05, 0.1) is 17.2 Å². The molecular formula is C22H20N2O4. The maximum absolute atomic E-state index is 10.7. The lowest BCUT2D eigenvalue weighted by atomic mass is 10.1. The maximum Gasteiger partial charge on any atom is 0.269 e. The van der Waals surface area contributed by atoms with E-state index < -0.39 is 4.92 Å². The zero-order valence-corrected chi connectivity index (χ0v) is 15.4. The monoisotopic (exact) mass is 376 g/mol. The van der Waals surface area contributed by atoms with Gasteiger partial charge in [0.15, 0.2) is 0 Å². The zero-order valence-electron chi connectivity index (χ0n) is 15.4. The van der Waals surface area contributed by atoms with E-state index in [9.17, 15) is 10.1 Å². The molecule has 1 N–H and O–H groups in total. The van der Waals surface area contributed by atoms with Crippen molar-refractivity contribution in [3.63, 3.8) is 0 Å². The first-order valence-electron chi connectivity index (χ1n) is 8.67. The van der Waals surface area contributed by atoms with Crippen LogP contribution in [0.3, 0.4) is 0 Å². The van der Waals surface area contributed by atoms with E-state index in [1.54, 1.807) is 12.1 Å². The lowest BCUT2D eigenvalue weighted by molar-refractivity contribution is -0.384. The van der Waals surface area contributed by atoms with Crippen molar-refractivity contribution < 1.29 is 14.5 Å². The fourth-order valence-electron chi connectivity index (χ4n) is 2.55. The van der Waals surface area contributed by atoms with Gasteiger partial charge in [0.1, 0.15) is 11.5 Å². The number of hydrogen-bond acceptors (Lipinski definition) is 5. The smallest absolute Gasteiger partial charge is 0.269 e. The lowest BCUT2D eigenvalue weighted by Gasteiger charge is -2.13. The second-order valence-corrected chi connectivity index (χ2v) is 6.19. The third-order valence-electron chi connectivity index (χ3n) is 4.08. The van der Waals surface area contributed by atoms with E-state index in [1.165, 1.54) is 12.1 Å². The van der Waals surface area contributed by atoms with E-state index in [0.717, 1.165) is 16.7 Å². The summed E-state index contributed by atoms with van der Waals surface area (Å²) in [5.74, 6) is 1.19. The number of nitrogens with one attached hydrogen (secondary N) is 1. The zero-order chi connectivity index (χ0) is 19.9. The van der Waals surface area contributed by atoms with Crippen LogP contribution in [0, 0.1) is 17.0 Å². The van der Waals surface area contributed by atoms with Gasteiger partial charge in [0.25, 0.3) is 5.69 Å². The molecule has 3 rings (SSSR count). The fraction of sp³-hybridized carbons (Fsp3) is 0.0909. The standard InChI is InChI=1S/C22H20N2O4/c1-16-14-19(17(2)23-27-15-18-6-4-3-5-7-18)8-13-22(16)28-21-11-9-20(10-12-21)24(25)26/h3-14,23H,2,15H2,1H3. The van der Waals surface area contributed by atoms with Gasteiger partial charge in [-0.2, -0.15) is 0 Å². The van der Waals surface area contributed by atoms with Crippen molar-refractivity contribution in [3.05, 3.63) is 106 Å². The van der Waals surface area contributed by atoms with Crippen LogP contribution in [0.5, 0.6) is 11.5 Å². The SMILES string of the molecule is C=C(NOCc1ccccc1)c1ccc(Oc2ccc([N+](=O)[O-])cc2)c(C)c1. The Balaban J connectivity index is 1.59. The second-order valence-electron chi connectivity index (χ2n) is 6.19. The number of nitro benzene ring substituents is 1. The molecule has 28 heavy (non-hydrogen) atoms. The number of nitrogens with zero attached hydrogens (tertiary/aromatic N) is 1.